The van der Waals surface area contributed by atoms with Crippen LogP contribution in [0, 0.1) is 18.3 Å². The molecule has 1 aromatic carbocycles. The lowest BCUT2D eigenvalue weighted by Crippen LogP contribution is -1.92. The smallest absolute Gasteiger partial charge is 0.122 e. The molecule has 0 N–H and O–H groups in total. The maximum Gasteiger partial charge on any atom is 0.122 e. The highest BCUT2D eigenvalue weighted by Gasteiger charge is 2.21. The first-order valence-electron chi connectivity index (χ1n) is 5.86. The third-order valence-corrected chi connectivity index (χ3v) is 3.59. The number of hydrogen-bond donors (Lipinski definition) is 0. The van der Waals surface area contributed by atoms with Crippen molar-refractivity contribution in [1.82, 2.24) is 4.57 Å². The predicted molar refractivity (Wildman–Crippen MR) is 66.3 cm³/mol. The molecule has 0 bridgehead atoms. The maximum atomic E-state index is 9.32. The molecule has 0 aliphatic carbocycles. The van der Waals surface area contributed by atoms with Crippen molar-refractivity contribution in [3.63, 3.8) is 0 Å². The molecule has 1 aliphatic rings. The molecule has 0 fully saturated rings. The highest BCUT2D eigenvalue weighted by atomic mass is 16.5. The van der Waals surface area contributed by atoms with Gasteiger partial charge in [-0.1, -0.05) is 0 Å². The van der Waals surface area contributed by atoms with E-state index in [1.54, 1.807) is 7.11 Å². The van der Waals surface area contributed by atoms with E-state index in [2.05, 4.69) is 16.7 Å². The lowest BCUT2D eigenvalue weighted by Gasteiger charge is -2.06. The van der Waals surface area contributed by atoms with E-state index in [0.29, 0.717) is 0 Å². The van der Waals surface area contributed by atoms with Gasteiger partial charge in [-0.05, 0) is 37.5 Å². The van der Waals surface area contributed by atoms with Crippen molar-refractivity contribution in [2.75, 3.05) is 7.11 Å². The van der Waals surface area contributed by atoms with Gasteiger partial charge in [0.2, 0.25) is 0 Å². The van der Waals surface area contributed by atoms with E-state index in [1.165, 1.54) is 11.2 Å². The number of ether oxygens (including phenoxy) is 1. The van der Waals surface area contributed by atoms with Crippen molar-refractivity contribution >= 4 is 10.9 Å². The van der Waals surface area contributed by atoms with Crippen LogP contribution in [0.5, 0.6) is 5.75 Å². The number of benzene rings is 1. The van der Waals surface area contributed by atoms with Gasteiger partial charge < -0.3 is 9.30 Å². The van der Waals surface area contributed by atoms with Crippen molar-refractivity contribution in [2.24, 2.45) is 0 Å². The lowest BCUT2D eigenvalue weighted by atomic mass is 10.1. The Morgan fingerprint density at radius 3 is 2.94 bits per heavy atom. The zero-order chi connectivity index (χ0) is 12.0. The summed E-state index contributed by atoms with van der Waals surface area (Å²) in [5.41, 5.74) is 4.31. The highest BCUT2D eigenvalue weighted by Crippen LogP contribution is 2.34. The molecule has 17 heavy (non-hydrogen) atoms. The molecule has 1 aliphatic heterocycles. The van der Waals surface area contributed by atoms with E-state index >= 15 is 0 Å². The van der Waals surface area contributed by atoms with Crippen LogP contribution in [0.2, 0.25) is 0 Å². The Morgan fingerprint density at radius 1 is 1.41 bits per heavy atom. The molecule has 0 amide bonds. The van der Waals surface area contributed by atoms with Gasteiger partial charge in [0.1, 0.15) is 11.8 Å². The molecule has 0 spiro atoms. The third-order valence-electron chi connectivity index (χ3n) is 3.59. The first kappa shape index (κ1) is 10.2. The fraction of sp³-hybridized carbons (Fsp3) is 0.357. The second-order valence-corrected chi connectivity index (χ2v) is 4.53. The van der Waals surface area contributed by atoms with Gasteiger partial charge in [-0.15, -0.1) is 0 Å². The fourth-order valence-electron chi connectivity index (χ4n) is 2.80. The normalized spacial score (nSPS) is 13.7. The zero-order valence-corrected chi connectivity index (χ0v) is 10.1. The molecule has 86 valence electrons. The first-order chi connectivity index (χ1) is 8.26. The molecule has 0 atom stereocenters. The Bertz CT molecular complexity index is 647. The van der Waals surface area contributed by atoms with Gasteiger partial charge in [0, 0.05) is 17.6 Å². The van der Waals surface area contributed by atoms with Gasteiger partial charge in [-0.3, -0.25) is 0 Å². The summed E-state index contributed by atoms with van der Waals surface area (Å²) in [5.74, 6) is 0.860. The Kier molecular flexibility index (Phi) is 2.12. The molecule has 3 heteroatoms. The number of fused-ring (bicyclic) bond motifs is 3. The summed E-state index contributed by atoms with van der Waals surface area (Å²) in [7, 11) is 1.67. The summed E-state index contributed by atoms with van der Waals surface area (Å²) >= 11 is 0. The van der Waals surface area contributed by atoms with Crippen molar-refractivity contribution in [2.45, 2.75) is 26.3 Å². The van der Waals surface area contributed by atoms with Crippen LogP contribution < -0.4 is 4.74 Å². The first-order valence-corrected chi connectivity index (χ1v) is 5.86. The fourth-order valence-corrected chi connectivity index (χ4v) is 2.80. The van der Waals surface area contributed by atoms with Crippen LogP contribution in [0.15, 0.2) is 12.1 Å². The number of aryl methyl sites for hydroxylation is 2. The Hall–Kier alpha value is -1.95. The van der Waals surface area contributed by atoms with E-state index in [-0.39, 0.29) is 0 Å². The SMILES string of the molecule is COc1cc2c(C#N)c3n(c2cc1C)CCC3. The summed E-state index contributed by atoms with van der Waals surface area (Å²) in [6.07, 6.45) is 2.16. The molecule has 0 radical (unpaired) electrons. The second-order valence-electron chi connectivity index (χ2n) is 4.53. The summed E-state index contributed by atoms with van der Waals surface area (Å²) in [6.45, 7) is 3.07. The predicted octanol–water partition coefficient (Wildman–Crippen LogP) is 2.78. The van der Waals surface area contributed by atoms with Crippen molar-refractivity contribution in [3.05, 3.63) is 29.0 Å². The number of hydrogen-bond acceptors (Lipinski definition) is 2. The van der Waals surface area contributed by atoms with Gasteiger partial charge in [0.05, 0.1) is 18.2 Å². The Balaban J connectivity index is 2.42. The van der Waals surface area contributed by atoms with Crippen LogP contribution in [0.1, 0.15) is 23.2 Å². The number of methoxy groups -OCH3 is 1. The lowest BCUT2D eigenvalue weighted by molar-refractivity contribution is 0.412. The van der Waals surface area contributed by atoms with E-state index in [9.17, 15) is 5.26 Å². The van der Waals surface area contributed by atoms with E-state index in [0.717, 1.165) is 41.6 Å². The van der Waals surface area contributed by atoms with Crippen LogP contribution in [-0.2, 0) is 13.0 Å². The van der Waals surface area contributed by atoms with E-state index < -0.39 is 0 Å². The second kappa shape index (κ2) is 3.53. The van der Waals surface area contributed by atoms with Gasteiger partial charge in [0.15, 0.2) is 0 Å². The van der Waals surface area contributed by atoms with E-state index in [1.807, 2.05) is 13.0 Å². The molecule has 0 unspecified atom stereocenters. The van der Waals surface area contributed by atoms with Crippen molar-refractivity contribution in [3.8, 4) is 11.8 Å². The topological polar surface area (TPSA) is 37.9 Å². The zero-order valence-electron chi connectivity index (χ0n) is 10.1. The minimum atomic E-state index is 0.829. The molecule has 3 nitrogen and oxygen atoms in total. The quantitative estimate of drug-likeness (QED) is 0.749. The van der Waals surface area contributed by atoms with Gasteiger partial charge in [0.25, 0.3) is 0 Å². The average Bonchev–Trinajstić information content (AvgIpc) is 2.88. The molecular weight excluding hydrogens is 212 g/mol. The Labute approximate surface area is 100 Å². The van der Waals surface area contributed by atoms with Gasteiger partial charge in [-0.25, -0.2) is 0 Å². The summed E-state index contributed by atoms with van der Waals surface area (Å²) in [5, 5.41) is 10.3. The number of rotatable bonds is 1. The summed E-state index contributed by atoms with van der Waals surface area (Å²) < 4.78 is 7.61. The van der Waals surface area contributed by atoms with Crippen molar-refractivity contribution in [1.29, 1.82) is 5.26 Å². The monoisotopic (exact) mass is 226 g/mol. The Morgan fingerprint density at radius 2 is 2.24 bits per heavy atom. The highest BCUT2D eigenvalue weighted by molar-refractivity contribution is 5.90. The largest absolute Gasteiger partial charge is 0.496 e. The van der Waals surface area contributed by atoms with Crippen LogP contribution in [0.25, 0.3) is 10.9 Å². The number of nitrogens with zero attached hydrogens (tertiary/aromatic N) is 2. The summed E-state index contributed by atoms with van der Waals surface area (Å²) in [4.78, 5) is 0. The van der Waals surface area contributed by atoms with Gasteiger partial charge in [-0.2, -0.15) is 5.26 Å². The van der Waals surface area contributed by atoms with Gasteiger partial charge >= 0.3 is 0 Å². The maximum absolute atomic E-state index is 9.32. The average molecular weight is 226 g/mol. The van der Waals surface area contributed by atoms with Crippen LogP contribution in [0.4, 0.5) is 0 Å². The molecular formula is C14H14N2O. The molecule has 1 aromatic heterocycles. The van der Waals surface area contributed by atoms with Crippen LogP contribution in [-0.4, -0.2) is 11.7 Å². The standard InChI is InChI=1S/C14H14N2O/c1-9-6-13-10(7-14(9)17-2)11(8-15)12-4-3-5-16(12)13/h6-7H,3-5H2,1-2H3. The van der Waals surface area contributed by atoms with E-state index in [4.69, 9.17) is 4.74 Å². The van der Waals surface area contributed by atoms with Crippen LogP contribution in [0.3, 0.4) is 0 Å². The molecule has 2 aromatic rings. The molecule has 2 heterocycles. The number of aromatic nitrogens is 1. The number of nitriles is 1. The third kappa shape index (κ3) is 1.27. The minimum Gasteiger partial charge on any atom is -0.496 e. The summed E-state index contributed by atoms with van der Waals surface area (Å²) in [6, 6.07) is 6.47. The van der Waals surface area contributed by atoms with Crippen molar-refractivity contribution < 1.29 is 4.74 Å². The minimum absolute atomic E-state index is 0.829. The molecule has 3 rings (SSSR count). The molecule has 0 saturated heterocycles. The molecule has 0 saturated carbocycles. The van der Waals surface area contributed by atoms with Crippen LogP contribution >= 0.6 is 0 Å².